The van der Waals surface area contributed by atoms with Crippen molar-refractivity contribution in [2.75, 3.05) is 20.6 Å². The standard InChI is InChI=1S/C17H20BrFN2/c1-21(2)12-17(13-6-4-3-5-7-13)20-11-14-8-9-15(19)10-16(14)18/h3-10,17,20H,11-12H2,1-2H3. The van der Waals surface area contributed by atoms with E-state index in [2.05, 4.69) is 52.4 Å². The zero-order valence-electron chi connectivity index (χ0n) is 12.3. The summed E-state index contributed by atoms with van der Waals surface area (Å²) in [5, 5.41) is 3.55. The molecule has 0 saturated heterocycles. The van der Waals surface area contributed by atoms with Gasteiger partial charge in [0, 0.05) is 23.6 Å². The highest BCUT2D eigenvalue weighted by molar-refractivity contribution is 9.10. The van der Waals surface area contributed by atoms with Crippen LogP contribution in [0.2, 0.25) is 0 Å². The lowest BCUT2D eigenvalue weighted by Crippen LogP contribution is -2.31. The summed E-state index contributed by atoms with van der Waals surface area (Å²) in [5.74, 6) is -0.224. The molecule has 0 radical (unpaired) electrons. The average molecular weight is 351 g/mol. The Kier molecular flexibility index (Phi) is 5.91. The lowest BCUT2D eigenvalue weighted by molar-refractivity contribution is 0.340. The van der Waals surface area contributed by atoms with Gasteiger partial charge in [0.25, 0.3) is 0 Å². The van der Waals surface area contributed by atoms with Crippen molar-refractivity contribution < 1.29 is 4.39 Å². The molecule has 112 valence electrons. The predicted molar refractivity (Wildman–Crippen MR) is 88.7 cm³/mol. The van der Waals surface area contributed by atoms with E-state index in [1.165, 1.54) is 17.7 Å². The van der Waals surface area contributed by atoms with Crippen molar-refractivity contribution >= 4 is 15.9 Å². The smallest absolute Gasteiger partial charge is 0.124 e. The maximum absolute atomic E-state index is 13.1. The summed E-state index contributed by atoms with van der Waals surface area (Å²) in [6.45, 7) is 1.59. The van der Waals surface area contributed by atoms with Gasteiger partial charge in [0.05, 0.1) is 0 Å². The van der Waals surface area contributed by atoms with Crippen molar-refractivity contribution in [1.29, 1.82) is 0 Å². The van der Waals surface area contributed by atoms with E-state index in [9.17, 15) is 4.39 Å². The lowest BCUT2D eigenvalue weighted by Gasteiger charge is -2.23. The third-order valence-electron chi connectivity index (χ3n) is 3.30. The third-order valence-corrected chi connectivity index (χ3v) is 4.04. The average Bonchev–Trinajstić information content (AvgIpc) is 2.45. The minimum Gasteiger partial charge on any atom is -0.308 e. The van der Waals surface area contributed by atoms with Gasteiger partial charge in [0.15, 0.2) is 0 Å². The van der Waals surface area contributed by atoms with Crippen LogP contribution in [0.3, 0.4) is 0 Å². The van der Waals surface area contributed by atoms with Gasteiger partial charge in [-0.05, 0) is 37.4 Å². The van der Waals surface area contributed by atoms with Gasteiger partial charge in [-0.3, -0.25) is 0 Å². The van der Waals surface area contributed by atoms with Crippen LogP contribution < -0.4 is 5.32 Å². The fraction of sp³-hybridized carbons (Fsp3) is 0.294. The van der Waals surface area contributed by atoms with Crippen molar-refractivity contribution in [2.24, 2.45) is 0 Å². The van der Waals surface area contributed by atoms with Gasteiger partial charge in [-0.25, -0.2) is 4.39 Å². The monoisotopic (exact) mass is 350 g/mol. The number of benzene rings is 2. The van der Waals surface area contributed by atoms with E-state index in [0.29, 0.717) is 6.54 Å². The number of likely N-dealkylation sites (N-methyl/N-ethyl adjacent to an activating group) is 1. The molecule has 0 aromatic heterocycles. The van der Waals surface area contributed by atoms with Crippen molar-refractivity contribution in [3.63, 3.8) is 0 Å². The highest BCUT2D eigenvalue weighted by Crippen LogP contribution is 2.20. The highest BCUT2D eigenvalue weighted by atomic mass is 79.9. The number of nitrogens with zero attached hydrogens (tertiary/aromatic N) is 1. The van der Waals surface area contributed by atoms with Crippen LogP contribution in [0, 0.1) is 5.82 Å². The van der Waals surface area contributed by atoms with Crippen LogP contribution in [-0.4, -0.2) is 25.5 Å². The molecular formula is C17H20BrFN2. The topological polar surface area (TPSA) is 15.3 Å². The molecule has 2 aromatic carbocycles. The molecule has 0 aliphatic carbocycles. The van der Waals surface area contributed by atoms with E-state index >= 15 is 0 Å². The third kappa shape index (κ3) is 4.92. The van der Waals surface area contributed by atoms with Crippen molar-refractivity contribution in [3.05, 3.63) is 69.9 Å². The molecular weight excluding hydrogens is 331 g/mol. The second kappa shape index (κ2) is 7.69. The molecule has 0 amide bonds. The van der Waals surface area contributed by atoms with E-state index in [4.69, 9.17) is 0 Å². The van der Waals surface area contributed by atoms with Gasteiger partial charge >= 0.3 is 0 Å². The van der Waals surface area contributed by atoms with E-state index in [0.717, 1.165) is 16.6 Å². The molecule has 0 fully saturated rings. The molecule has 0 aliphatic rings. The molecule has 2 rings (SSSR count). The summed E-state index contributed by atoms with van der Waals surface area (Å²) in [5.41, 5.74) is 2.31. The minimum absolute atomic E-state index is 0.224. The summed E-state index contributed by atoms with van der Waals surface area (Å²) >= 11 is 3.41. The first-order valence-corrected chi connectivity index (χ1v) is 7.72. The molecule has 0 spiro atoms. The van der Waals surface area contributed by atoms with E-state index in [-0.39, 0.29) is 11.9 Å². The number of hydrogen-bond acceptors (Lipinski definition) is 2. The fourth-order valence-electron chi connectivity index (χ4n) is 2.24. The minimum atomic E-state index is -0.224. The lowest BCUT2D eigenvalue weighted by atomic mass is 10.1. The molecule has 0 aliphatic heterocycles. The molecule has 2 aromatic rings. The van der Waals surface area contributed by atoms with Crippen LogP contribution in [0.1, 0.15) is 17.2 Å². The Morgan fingerprint density at radius 3 is 2.48 bits per heavy atom. The Morgan fingerprint density at radius 1 is 1.14 bits per heavy atom. The van der Waals surface area contributed by atoms with Crippen LogP contribution in [0.5, 0.6) is 0 Å². The number of nitrogens with one attached hydrogen (secondary N) is 1. The Labute approximate surface area is 134 Å². The number of rotatable bonds is 6. The second-order valence-electron chi connectivity index (χ2n) is 5.34. The van der Waals surface area contributed by atoms with Crippen molar-refractivity contribution in [3.8, 4) is 0 Å². The summed E-state index contributed by atoms with van der Waals surface area (Å²) < 4.78 is 13.9. The SMILES string of the molecule is CN(C)CC(NCc1ccc(F)cc1Br)c1ccccc1. The molecule has 1 atom stereocenters. The molecule has 21 heavy (non-hydrogen) atoms. The van der Waals surface area contributed by atoms with Crippen molar-refractivity contribution in [2.45, 2.75) is 12.6 Å². The van der Waals surface area contributed by atoms with Crippen LogP contribution in [-0.2, 0) is 6.54 Å². The van der Waals surface area contributed by atoms with Gasteiger partial charge in [0.2, 0.25) is 0 Å². The van der Waals surface area contributed by atoms with E-state index in [1.807, 2.05) is 24.3 Å². The maximum Gasteiger partial charge on any atom is 0.124 e. The van der Waals surface area contributed by atoms with Crippen LogP contribution in [0.15, 0.2) is 53.0 Å². The molecule has 4 heteroatoms. The molecule has 2 nitrogen and oxygen atoms in total. The van der Waals surface area contributed by atoms with Crippen LogP contribution in [0.4, 0.5) is 4.39 Å². The Hall–Kier alpha value is -1.23. The first kappa shape index (κ1) is 16.1. The normalized spacial score (nSPS) is 12.6. The molecule has 1 unspecified atom stereocenters. The zero-order chi connectivity index (χ0) is 15.2. The Balaban J connectivity index is 2.09. The quantitative estimate of drug-likeness (QED) is 0.847. The summed E-state index contributed by atoms with van der Waals surface area (Å²) in [7, 11) is 4.12. The van der Waals surface area contributed by atoms with Crippen LogP contribution >= 0.6 is 15.9 Å². The van der Waals surface area contributed by atoms with E-state index < -0.39 is 0 Å². The predicted octanol–water partition coefficient (Wildman–Crippen LogP) is 3.98. The Bertz CT molecular complexity index is 572. The maximum atomic E-state index is 13.1. The van der Waals surface area contributed by atoms with Gasteiger partial charge in [-0.2, -0.15) is 0 Å². The second-order valence-corrected chi connectivity index (χ2v) is 6.20. The summed E-state index contributed by atoms with van der Waals surface area (Å²) in [4.78, 5) is 2.16. The van der Waals surface area contributed by atoms with E-state index in [1.54, 1.807) is 0 Å². The van der Waals surface area contributed by atoms with Crippen LogP contribution in [0.25, 0.3) is 0 Å². The van der Waals surface area contributed by atoms with Crippen molar-refractivity contribution in [1.82, 2.24) is 10.2 Å². The summed E-state index contributed by atoms with van der Waals surface area (Å²) in [6.07, 6.45) is 0. The zero-order valence-corrected chi connectivity index (χ0v) is 13.9. The van der Waals surface area contributed by atoms with Gasteiger partial charge < -0.3 is 10.2 Å². The molecule has 0 saturated carbocycles. The molecule has 1 N–H and O–H groups in total. The van der Waals surface area contributed by atoms with Gasteiger partial charge in [-0.15, -0.1) is 0 Å². The largest absolute Gasteiger partial charge is 0.308 e. The Morgan fingerprint density at radius 2 is 1.86 bits per heavy atom. The fourth-order valence-corrected chi connectivity index (χ4v) is 2.73. The number of halogens is 2. The summed E-state index contributed by atoms with van der Waals surface area (Å²) in [6, 6.07) is 15.4. The first-order valence-electron chi connectivity index (χ1n) is 6.93. The van der Waals surface area contributed by atoms with Gasteiger partial charge in [0.1, 0.15) is 5.82 Å². The molecule has 0 bridgehead atoms. The first-order chi connectivity index (χ1) is 10.1. The molecule has 0 heterocycles. The number of hydrogen-bond donors (Lipinski definition) is 1. The van der Waals surface area contributed by atoms with Gasteiger partial charge in [-0.1, -0.05) is 52.3 Å². The highest BCUT2D eigenvalue weighted by Gasteiger charge is 2.12.